The number of hydrogen-bond acceptors (Lipinski definition) is 7. The average Bonchev–Trinajstić information content (AvgIpc) is 2.73. The van der Waals surface area contributed by atoms with E-state index in [1.165, 1.54) is 18.6 Å². The lowest BCUT2D eigenvalue weighted by molar-refractivity contribution is -0.0549. The van der Waals surface area contributed by atoms with E-state index in [2.05, 4.69) is 9.98 Å². The van der Waals surface area contributed by atoms with E-state index in [-0.39, 0.29) is 5.82 Å². The highest BCUT2D eigenvalue weighted by molar-refractivity contribution is 5.58. The first-order valence-corrected chi connectivity index (χ1v) is 6.36. The van der Waals surface area contributed by atoms with Gasteiger partial charge in [0.15, 0.2) is 12.0 Å². The zero-order chi connectivity index (χ0) is 15.6. The van der Waals surface area contributed by atoms with Crippen LogP contribution in [0.1, 0.15) is 6.23 Å². The SMILES string of the molecule is CN(C)C=Nc1ccn([C@@H]2O[C@H](CO)[C@H](O)C2O)c(=O)n1. The molecular weight excluding hydrogens is 280 g/mol. The minimum Gasteiger partial charge on any atom is -0.394 e. The molecular formula is C12H18N4O5. The molecule has 1 aliphatic heterocycles. The van der Waals surface area contributed by atoms with E-state index in [1.54, 1.807) is 19.0 Å². The fourth-order valence-electron chi connectivity index (χ4n) is 1.95. The minimum atomic E-state index is -1.32. The van der Waals surface area contributed by atoms with Crippen LogP contribution in [0.4, 0.5) is 5.82 Å². The minimum absolute atomic E-state index is 0.219. The fraction of sp³-hybridized carbons (Fsp3) is 0.583. The van der Waals surface area contributed by atoms with Crippen LogP contribution in [0, 0.1) is 0 Å². The van der Waals surface area contributed by atoms with Crippen molar-refractivity contribution >= 4 is 12.2 Å². The summed E-state index contributed by atoms with van der Waals surface area (Å²) in [6, 6.07) is 1.48. The lowest BCUT2D eigenvalue weighted by Gasteiger charge is -2.16. The van der Waals surface area contributed by atoms with E-state index < -0.39 is 36.8 Å². The van der Waals surface area contributed by atoms with Crippen molar-refractivity contribution in [2.24, 2.45) is 4.99 Å². The van der Waals surface area contributed by atoms with E-state index >= 15 is 0 Å². The van der Waals surface area contributed by atoms with Gasteiger partial charge in [0.1, 0.15) is 18.3 Å². The van der Waals surface area contributed by atoms with Gasteiger partial charge in [-0.25, -0.2) is 9.79 Å². The fourth-order valence-corrected chi connectivity index (χ4v) is 1.95. The van der Waals surface area contributed by atoms with Crippen LogP contribution < -0.4 is 5.69 Å². The summed E-state index contributed by atoms with van der Waals surface area (Å²) >= 11 is 0. The quantitative estimate of drug-likeness (QED) is 0.437. The lowest BCUT2D eigenvalue weighted by Crippen LogP contribution is -2.35. The lowest BCUT2D eigenvalue weighted by atomic mass is 10.1. The van der Waals surface area contributed by atoms with Crippen molar-refractivity contribution in [2.45, 2.75) is 24.5 Å². The van der Waals surface area contributed by atoms with Gasteiger partial charge in [0, 0.05) is 20.3 Å². The molecule has 9 nitrogen and oxygen atoms in total. The Kier molecular flexibility index (Phi) is 4.68. The first kappa shape index (κ1) is 15.6. The summed E-state index contributed by atoms with van der Waals surface area (Å²) in [4.78, 5) is 21.4. The zero-order valence-electron chi connectivity index (χ0n) is 11.7. The summed E-state index contributed by atoms with van der Waals surface area (Å²) in [7, 11) is 3.56. The second-order valence-electron chi connectivity index (χ2n) is 4.91. The summed E-state index contributed by atoms with van der Waals surface area (Å²) in [6.45, 7) is -0.456. The van der Waals surface area contributed by atoms with E-state index in [0.717, 1.165) is 4.57 Å². The Bertz CT molecular complexity index is 573. The van der Waals surface area contributed by atoms with E-state index in [0.29, 0.717) is 0 Å². The van der Waals surface area contributed by atoms with Crippen molar-refractivity contribution in [2.75, 3.05) is 20.7 Å². The number of rotatable bonds is 4. The van der Waals surface area contributed by atoms with Gasteiger partial charge in [0.25, 0.3) is 0 Å². The largest absolute Gasteiger partial charge is 0.394 e. The first-order chi connectivity index (χ1) is 9.93. The van der Waals surface area contributed by atoms with Gasteiger partial charge < -0.3 is 25.0 Å². The predicted octanol–water partition coefficient (Wildman–Crippen LogP) is -1.92. The predicted molar refractivity (Wildman–Crippen MR) is 73.3 cm³/mol. The Hall–Kier alpha value is -1.81. The topological polar surface area (TPSA) is 120 Å². The zero-order valence-corrected chi connectivity index (χ0v) is 11.7. The van der Waals surface area contributed by atoms with Crippen molar-refractivity contribution < 1.29 is 20.1 Å². The summed E-state index contributed by atoms with van der Waals surface area (Å²) in [5, 5.41) is 28.6. The van der Waals surface area contributed by atoms with Crippen molar-refractivity contribution in [3.8, 4) is 0 Å². The van der Waals surface area contributed by atoms with Crippen molar-refractivity contribution in [1.29, 1.82) is 0 Å². The molecule has 1 aromatic rings. The first-order valence-electron chi connectivity index (χ1n) is 6.36. The normalized spacial score (nSPS) is 29.2. The standard InChI is InChI=1S/C12H18N4O5/c1-15(2)6-13-8-3-4-16(12(20)14-8)11-10(19)9(18)7(5-17)21-11/h3-4,6-7,9-11,17-19H,5H2,1-2H3/t7-,9+,10?,11-/m1/s1. The Morgan fingerprint density at radius 2 is 2.19 bits per heavy atom. The number of aliphatic hydroxyl groups excluding tert-OH is 3. The average molecular weight is 298 g/mol. The second kappa shape index (κ2) is 6.31. The molecule has 0 amide bonds. The molecule has 21 heavy (non-hydrogen) atoms. The summed E-state index contributed by atoms with van der Waals surface area (Å²) in [5.74, 6) is 0.219. The van der Waals surface area contributed by atoms with Gasteiger partial charge in [-0.05, 0) is 6.07 Å². The molecule has 4 atom stereocenters. The summed E-state index contributed by atoms with van der Waals surface area (Å²) < 4.78 is 6.32. The van der Waals surface area contributed by atoms with Gasteiger partial charge in [-0.2, -0.15) is 4.98 Å². The molecule has 3 N–H and O–H groups in total. The molecule has 0 radical (unpaired) electrons. The molecule has 0 aliphatic carbocycles. The third-order valence-corrected chi connectivity index (χ3v) is 3.03. The molecule has 1 aliphatic rings. The summed E-state index contributed by atoms with van der Waals surface area (Å²) in [6.07, 6.45) is -1.75. The van der Waals surface area contributed by atoms with Gasteiger partial charge in [-0.3, -0.25) is 4.57 Å². The Morgan fingerprint density at radius 3 is 2.71 bits per heavy atom. The van der Waals surface area contributed by atoms with E-state index in [9.17, 15) is 15.0 Å². The number of ether oxygens (including phenoxy) is 1. The maximum absolute atomic E-state index is 11.9. The van der Waals surface area contributed by atoms with Crippen LogP contribution in [0.25, 0.3) is 0 Å². The molecule has 0 spiro atoms. The molecule has 1 aromatic heterocycles. The number of nitrogens with zero attached hydrogens (tertiary/aromatic N) is 4. The molecule has 0 aromatic carbocycles. The Balaban J connectivity index is 2.24. The molecule has 0 saturated carbocycles. The third-order valence-electron chi connectivity index (χ3n) is 3.03. The molecule has 1 unspecified atom stereocenters. The number of hydrogen-bond donors (Lipinski definition) is 3. The molecule has 1 saturated heterocycles. The van der Waals surface area contributed by atoms with E-state index in [4.69, 9.17) is 9.84 Å². The second-order valence-corrected chi connectivity index (χ2v) is 4.91. The number of aromatic nitrogens is 2. The highest BCUT2D eigenvalue weighted by Crippen LogP contribution is 2.28. The maximum atomic E-state index is 11.9. The van der Waals surface area contributed by atoms with Crippen molar-refractivity contribution in [3.05, 3.63) is 22.7 Å². The van der Waals surface area contributed by atoms with Crippen LogP contribution in [0.3, 0.4) is 0 Å². The third kappa shape index (κ3) is 3.27. The van der Waals surface area contributed by atoms with Gasteiger partial charge in [-0.15, -0.1) is 0 Å². The molecule has 2 heterocycles. The Labute approximate surface area is 120 Å². The molecule has 116 valence electrons. The monoisotopic (exact) mass is 298 g/mol. The maximum Gasteiger partial charge on any atom is 0.351 e. The highest BCUT2D eigenvalue weighted by atomic mass is 16.6. The molecule has 0 bridgehead atoms. The number of aliphatic imine (C=N–C) groups is 1. The van der Waals surface area contributed by atoms with Crippen molar-refractivity contribution in [3.63, 3.8) is 0 Å². The molecule has 1 fully saturated rings. The van der Waals surface area contributed by atoms with Crippen LogP contribution in [0.5, 0.6) is 0 Å². The van der Waals surface area contributed by atoms with Gasteiger partial charge in [0.2, 0.25) is 0 Å². The van der Waals surface area contributed by atoms with Gasteiger partial charge in [-0.1, -0.05) is 0 Å². The van der Waals surface area contributed by atoms with Gasteiger partial charge in [0.05, 0.1) is 12.9 Å². The van der Waals surface area contributed by atoms with Gasteiger partial charge >= 0.3 is 5.69 Å². The molecule has 9 heteroatoms. The van der Waals surface area contributed by atoms with Crippen LogP contribution in [0.15, 0.2) is 22.1 Å². The van der Waals surface area contributed by atoms with Crippen LogP contribution in [-0.2, 0) is 4.74 Å². The highest BCUT2D eigenvalue weighted by Gasteiger charge is 2.43. The van der Waals surface area contributed by atoms with Crippen LogP contribution in [0.2, 0.25) is 0 Å². The van der Waals surface area contributed by atoms with E-state index in [1.807, 2.05) is 0 Å². The van der Waals surface area contributed by atoms with Crippen molar-refractivity contribution in [1.82, 2.24) is 14.5 Å². The Morgan fingerprint density at radius 1 is 1.48 bits per heavy atom. The number of aliphatic hydroxyl groups is 3. The smallest absolute Gasteiger partial charge is 0.351 e. The summed E-state index contributed by atoms with van der Waals surface area (Å²) in [5.41, 5.74) is -0.668. The van der Waals surface area contributed by atoms with Crippen LogP contribution in [-0.4, -0.2) is 75.1 Å². The molecule has 2 rings (SSSR count). The van der Waals surface area contributed by atoms with Crippen LogP contribution >= 0.6 is 0 Å².